The van der Waals surface area contributed by atoms with Gasteiger partial charge < -0.3 is 0 Å². The SMILES string of the molecule is CC(=O)c1cc2cc(-c3ccccc3)sc2[se]1. The molecule has 0 bridgehead atoms. The van der Waals surface area contributed by atoms with Crippen LogP contribution >= 0.6 is 11.3 Å². The standard InChI is InChI=1S/C14H10OSSe/c1-9(15)13-8-11-7-12(16-14(11)17-13)10-5-3-2-4-6-10/h2-8H,1H3. The number of ketones is 1. The quantitative estimate of drug-likeness (QED) is 0.519. The van der Waals surface area contributed by atoms with Crippen molar-refractivity contribution in [3.63, 3.8) is 0 Å². The molecule has 3 rings (SSSR count). The number of thiophene rings is 1. The minimum absolute atomic E-state index is 0.217. The number of benzene rings is 1. The third kappa shape index (κ3) is 2.02. The minimum atomic E-state index is 0.217. The van der Waals surface area contributed by atoms with Gasteiger partial charge in [-0.3, -0.25) is 0 Å². The summed E-state index contributed by atoms with van der Waals surface area (Å²) in [6, 6.07) is 14.7. The van der Waals surface area contributed by atoms with E-state index in [4.69, 9.17) is 0 Å². The van der Waals surface area contributed by atoms with Crippen molar-refractivity contribution in [3.8, 4) is 10.4 Å². The first-order valence-electron chi connectivity index (χ1n) is 5.34. The number of fused-ring (bicyclic) bond motifs is 1. The predicted octanol–water partition coefficient (Wildman–Crippen LogP) is 3.83. The van der Waals surface area contributed by atoms with Crippen molar-refractivity contribution in [3.05, 3.63) is 46.9 Å². The molecule has 0 aliphatic carbocycles. The Labute approximate surface area is 109 Å². The van der Waals surface area contributed by atoms with Crippen molar-refractivity contribution in [2.24, 2.45) is 0 Å². The molecule has 0 saturated heterocycles. The van der Waals surface area contributed by atoms with Crippen LogP contribution in [0.5, 0.6) is 0 Å². The number of rotatable bonds is 2. The van der Waals surface area contributed by atoms with E-state index in [0.29, 0.717) is 0 Å². The van der Waals surface area contributed by atoms with E-state index in [1.807, 2.05) is 17.4 Å². The maximum atomic E-state index is 11.3. The van der Waals surface area contributed by atoms with E-state index in [1.54, 1.807) is 6.92 Å². The molecule has 17 heavy (non-hydrogen) atoms. The van der Waals surface area contributed by atoms with Crippen molar-refractivity contribution >= 4 is 40.6 Å². The van der Waals surface area contributed by atoms with E-state index in [9.17, 15) is 4.79 Å². The van der Waals surface area contributed by atoms with Gasteiger partial charge in [-0.15, -0.1) is 0 Å². The van der Waals surface area contributed by atoms with Crippen LogP contribution in [0.2, 0.25) is 0 Å². The first kappa shape index (κ1) is 11.0. The van der Waals surface area contributed by atoms with Crippen molar-refractivity contribution in [2.45, 2.75) is 6.92 Å². The van der Waals surface area contributed by atoms with Gasteiger partial charge in [-0.05, 0) is 0 Å². The Balaban J connectivity index is 2.10. The summed E-state index contributed by atoms with van der Waals surface area (Å²) in [6.45, 7) is 1.65. The molecule has 1 nitrogen and oxygen atoms in total. The van der Waals surface area contributed by atoms with Crippen molar-refractivity contribution in [2.75, 3.05) is 0 Å². The van der Waals surface area contributed by atoms with Gasteiger partial charge in [0.1, 0.15) is 0 Å². The molecule has 0 aliphatic rings. The van der Waals surface area contributed by atoms with E-state index < -0.39 is 0 Å². The van der Waals surface area contributed by atoms with Crippen molar-refractivity contribution < 1.29 is 4.79 Å². The molecule has 2 aromatic heterocycles. The number of hydrogen-bond donors (Lipinski definition) is 0. The zero-order chi connectivity index (χ0) is 11.8. The van der Waals surface area contributed by atoms with Crippen LogP contribution in [-0.2, 0) is 0 Å². The van der Waals surface area contributed by atoms with Crippen LogP contribution in [0.4, 0.5) is 0 Å². The molecular formula is C14H10OSSe. The third-order valence-electron chi connectivity index (χ3n) is 2.62. The summed E-state index contributed by atoms with van der Waals surface area (Å²) in [7, 11) is 0. The first-order chi connectivity index (χ1) is 8.24. The van der Waals surface area contributed by atoms with Crippen molar-refractivity contribution in [1.29, 1.82) is 0 Å². The molecule has 0 radical (unpaired) electrons. The number of hydrogen-bond acceptors (Lipinski definition) is 2. The molecule has 0 saturated carbocycles. The van der Waals surface area contributed by atoms with Gasteiger partial charge in [0.25, 0.3) is 0 Å². The molecule has 3 heteroatoms. The molecule has 0 aliphatic heterocycles. The summed E-state index contributed by atoms with van der Waals surface area (Å²) < 4.78 is 2.37. The summed E-state index contributed by atoms with van der Waals surface area (Å²) in [5.41, 5.74) is 1.26. The van der Waals surface area contributed by atoms with Gasteiger partial charge in [-0.2, -0.15) is 0 Å². The van der Waals surface area contributed by atoms with Crippen LogP contribution < -0.4 is 0 Å². The molecule has 3 aromatic rings. The van der Waals surface area contributed by atoms with E-state index in [-0.39, 0.29) is 20.3 Å². The summed E-state index contributed by atoms with van der Waals surface area (Å²) in [5, 5.41) is 1.25. The summed E-state index contributed by atoms with van der Waals surface area (Å²) in [5.74, 6) is 0.217. The van der Waals surface area contributed by atoms with E-state index in [1.165, 1.54) is 19.4 Å². The molecule has 0 amide bonds. The average Bonchev–Trinajstić information content (AvgIpc) is 2.87. The van der Waals surface area contributed by atoms with Gasteiger partial charge >= 0.3 is 110 Å². The monoisotopic (exact) mass is 306 g/mol. The number of Topliss-reactive ketones (excluding diaryl/α,β-unsaturated/α-hetero) is 1. The third-order valence-corrected chi connectivity index (χ3v) is 6.77. The van der Waals surface area contributed by atoms with Crippen LogP contribution in [0.3, 0.4) is 0 Å². The van der Waals surface area contributed by atoms with E-state index in [2.05, 4.69) is 36.4 Å². The van der Waals surface area contributed by atoms with Gasteiger partial charge in [0.15, 0.2) is 0 Å². The molecule has 0 fully saturated rings. The Bertz CT molecular complexity index is 647. The Kier molecular flexibility index (Phi) is 2.75. The fourth-order valence-corrected chi connectivity index (χ4v) is 5.57. The van der Waals surface area contributed by atoms with Gasteiger partial charge in [0.05, 0.1) is 0 Å². The van der Waals surface area contributed by atoms with Crippen LogP contribution in [0.15, 0.2) is 42.5 Å². The van der Waals surface area contributed by atoms with E-state index in [0.717, 1.165) is 4.44 Å². The van der Waals surface area contributed by atoms with Gasteiger partial charge in [0.2, 0.25) is 0 Å². The fourth-order valence-electron chi connectivity index (χ4n) is 1.76. The summed E-state index contributed by atoms with van der Waals surface area (Å²) in [6.07, 6.45) is 0. The number of carbonyl (C=O) groups excluding carboxylic acids is 1. The van der Waals surface area contributed by atoms with Crippen LogP contribution in [-0.4, -0.2) is 20.3 Å². The number of carbonyl (C=O) groups is 1. The van der Waals surface area contributed by atoms with E-state index >= 15 is 0 Å². The van der Waals surface area contributed by atoms with Gasteiger partial charge in [-0.25, -0.2) is 0 Å². The van der Waals surface area contributed by atoms with Crippen molar-refractivity contribution in [1.82, 2.24) is 0 Å². The molecule has 0 spiro atoms. The van der Waals surface area contributed by atoms with Gasteiger partial charge in [0, 0.05) is 0 Å². The second kappa shape index (κ2) is 4.26. The normalized spacial score (nSPS) is 10.9. The van der Waals surface area contributed by atoms with Crippen LogP contribution in [0.1, 0.15) is 16.2 Å². The Hall–Kier alpha value is -1.15. The zero-order valence-electron chi connectivity index (χ0n) is 9.27. The van der Waals surface area contributed by atoms with Gasteiger partial charge in [-0.1, -0.05) is 0 Å². The Morgan fingerprint density at radius 3 is 2.59 bits per heavy atom. The fraction of sp³-hybridized carbons (Fsp3) is 0.0714. The second-order valence-electron chi connectivity index (χ2n) is 3.89. The molecule has 2 heterocycles. The average molecular weight is 305 g/mol. The molecule has 0 atom stereocenters. The molecule has 84 valence electrons. The molecule has 1 aromatic carbocycles. The van der Waals surface area contributed by atoms with Crippen LogP contribution in [0.25, 0.3) is 19.4 Å². The summed E-state index contributed by atoms with van der Waals surface area (Å²) in [4.78, 5) is 12.6. The molecular weight excluding hydrogens is 295 g/mol. The molecule has 0 N–H and O–H groups in total. The Morgan fingerprint density at radius 1 is 1.18 bits per heavy atom. The molecule has 0 unspecified atom stereocenters. The van der Waals surface area contributed by atoms with Crippen LogP contribution in [0, 0.1) is 0 Å². The second-order valence-corrected chi connectivity index (χ2v) is 7.73. The first-order valence-corrected chi connectivity index (χ1v) is 7.87. The Morgan fingerprint density at radius 2 is 1.94 bits per heavy atom. The zero-order valence-corrected chi connectivity index (χ0v) is 11.8. The maximum absolute atomic E-state index is 11.3. The predicted molar refractivity (Wildman–Crippen MR) is 74.2 cm³/mol. The summed E-state index contributed by atoms with van der Waals surface area (Å²) >= 11 is 2.04. The topological polar surface area (TPSA) is 17.1 Å².